The van der Waals surface area contributed by atoms with Crippen molar-refractivity contribution in [2.75, 3.05) is 33.5 Å². The molecule has 4 heteroatoms. The zero-order chi connectivity index (χ0) is 12.6. The van der Waals surface area contributed by atoms with Gasteiger partial charge in [0, 0.05) is 6.08 Å². The van der Waals surface area contributed by atoms with Crippen LogP contribution in [0.2, 0.25) is 0 Å². The first-order valence-corrected chi connectivity index (χ1v) is 4.80. The van der Waals surface area contributed by atoms with Crippen molar-refractivity contribution in [1.29, 1.82) is 0 Å². The van der Waals surface area contributed by atoms with Gasteiger partial charge in [0.05, 0.1) is 33.5 Å². The molecule has 0 bridgehead atoms. The molecular weight excluding hydrogens is 208 g/mol. The van der Waals surface area contributed by atoms with Gasteiger partial charge in [-0.25, -0.2) is 4.79 Å². The molecule has 0 fully saturated rings. The van der Waals surface area contributed by atoms with E-state index in [1.165, 1.54) is 7.11 Å². The Morgan fingerprint density at radius 1 is 1.06 bits per heavy atom. The van der Waals surface area contributed by atoms with Gasteiger partial charge < -0.3 is 14.2 Å². The second-order valence-corrected chi connectivity index (χ2v) is 2.45. The lowest BCUT2D eigenvalue weighted by atomic mass is 10.6. The third-order valence-electron chi connectivity index (χ3n) is 1.21. The maximum Gasteiger partial charge on any atom is 0.329 e. The Kier molecular flexibility index (Phi) is 17.1. The molecule has 0 aliphatic carbocycles. The van der Waals surface area contributed by atoms with Crippen LogP contribution in [0.3, 0.4) is 0 Å². The van der Waals surface area contributed by atoms with Gasteiger partial charge in [0.2, 0.25) is 0 Å². The van der Waals surface area contributed by atoms with Gasteiger partial charge in [-0.3, -0.25) is 0 Å². The second-order valence-electron chi connectivity index (χ2n) is 2.45. The largest absolute Gasteiger partial charge is 0.466 e. The summed E-state index contributed by atoms with van der Waals surface area (Å²) in [6, 6.07) is 0. The van der Waals surface area contributed by atoms with Crippen molar-refractivity contribution in [3.05, 3.63) is 38.0 Å². The van der Waals surface area contributed by atoms with Crippen LogP contribution in [0.25, 0.3) is 0 Å². The van der Waals surface area contributed by atoms with E-state index in [0.717, 1.165) is 6.08 Å². The third-order valence-corrected chi connectivity index (χ3v) is 1.21. The average molecular weight is 228 g/mol. The Labute approximate surface area is 97.2 Å². The molecule has 0 radical (unpaired) electrons. The van der Waals surface area contributed by atoms with Crippen molar-refractivity contribution in [1.82, 2.24) is 0 Å². The molecule has 92 valence electrons. The molecule has 0 aliphatic rings. The van der Waals surface area contributed by atoms with Crippen LogP contribution in [-0.2, 0) is 19.0 Å². The summed E-state index contributed by atoms with van der Waals surface area (Å²) in [7, 11) is 1.31. The SMILES string of the molecule is C=CC(=O)OC.C=CCOCCOCC=C. The maximum atomic E-state index is 9.84. The van der Waals surface area contributed by atoms with E-state index in [2.05, 4.69) is 24.5 Å². The number of hydrogen-bond donors (Lipinski definition) is 0. The molecule has 0 spiro atoms. The number of esters is 1. The fourth-order valence-corrected chi connectivity index (χ4v) is 0.535. The monoisotopic (exact) mass is 228 g/mol. The number of methoxy groups -OCH3 is 1. The van der Waals surface area contributed by atoms with E-state index in [-0.39, 0.29) is 0 Å². The maximum absolute atomic E-state index is 9.84. The van der Waals surface area contributed by atoms with Gasteiger partial charge in [0.25, 0.3) is 0 Å². The van der Waals surface area contributed by atoms with Crippen LogP contribution in [0, 0.1) is 0 Å². The average Bonchev–Trinajstić information content (AvgIpc) is 2.33. The molecular formula is C12H20O4. The summed E-state index contributed by atoms with van der Waals surface area (Å²) in [5.41, 5.74) is 0. The van der Waals surface area contributed by atoms with Gasteiger partial charge in [0.15, 0.2) is 0 Å². The van der Waals surface area contributed by atoms with Crippen LogP contribution in [-0.4, -0.2) is 39.5 Å². The van der Waals surface area contributed by atoms with Gasteiger partial charge in [-0.2, -0.15) is 0 Å². The van der Waals surface area contributed by atoms with Crippen LogP contribution in [0.15, 0.2) is 38.0 Å². The Balaban J connectivity index is 0. The molecule has 0 atom stereocenters. The highest BCUT2D eigenvalue weighted by Gasteiger charge is 1.83. The molecule has 0 amide bonds. The molecule has 0 saturated carbocycles. The first-order valence-electron chi connectivity index (χ1n) is 4.80. The van der Waals surface area contributed by atoms with Crippen LogP contribution in [0.5, 0.6) is 0 Å². The number of hydrogen-bond acceptors (Lipinski definition) is 4. The highest BCUT2D eigenvalue weighted by Crippen LogP contribution is 1.78. The minimum atomic E-state index is -0.394. The van der Waals surface area contributed by atoms with Gasteiger partial charge in [0.1, 0.15) is 0 Å². The summed E-state index contributed by atoms with van der Waals surface area (Å²) in [5, 5.41) is 0. The van der Waals surface area contributed by atoms with Crippen LogP contribution in [0.4, 0.5) is 0 Å². The molecule has 0 heterocycles. The highest BCUT2D eigenvalue weighted by molar-refractivity contribution is 5.80. The van der Waals surface area contributed by atoms with Crippen molar-refractivity contribution in [3.63, 3.8) is 0 Å². The van der Waals surface area contributed by atoms with Crippen molar-refractivity contribution in [2.24, 2.45) is 0 Å². The van der Waals surface area contributed by atoms with Gasteiger partial charge in [-0.1, -0.05) is 18.7 Å². The smallest absolute Gasteiger partial charge is 0.329 e. The molecule has 0 saturated heterocycles. The molecule has 0 aliphatic heterocycles. The van der Waals surface area contributed by atoms with Crippen molar-refractivity contribution >= 4 is 5.97 Å². The van der Waals surface area contributed by atoms with E-state index in [1.54, 1.807) is 12.2 Å². The summed E-state index contributed by atoms with van der Waals surface area (Å²) in [5.74, 6) is -0.394. The molecule has 0 unspecified atom stereocenters. The van der Waals surface area contributed by atoms with E-state index >= 15 is 0 Å². The Morgan fingerprint density at radius 2 is 1.50 bits per heavy atom. The first kappa shape index (κ1) is 17.0. The quantitative estimate of drug-likeness (QED) is 0.275. The first-order chi connectivity index (χ1) is 7.72. The molecule has 0 aromatic carbocycles. The zero-order valence-corrected chi connectivity index (χ0v) is 9.81. The van der Waals surface area contributed by atoms with Gasteiger partial charge in [-0.15, -0.1) is 13.2 Å². The fourth-order valence-electron chi connectivity index (χ4n) is 0.535. The predicted octanol–water partition coefficient (Wildman–Crippen LogP) is 1.74. The van der Waals surface area contributed by atoms with Crippen molar-refractivity contribution < 1.29 is 19.0 Å². The van der Waals surface area contributed by atoms with Gasteiger partial charge >= 0.3 is 5.97 Å². The van der Waals surface area contributed by atoms with E-state index < -0.39 is 5.97 Å². The number of rotatable bonds is 8. The Morgan fingerprint density at radius 3 is 1.69 bits per heavy atom. The van der Waals surface area contributed by atoms with Gasteiger partial charge in [-0.05, 0) is 0 Å². The van der Waals surface area contributed by atoms with E-state index in [0.29, 0.717) is 26.4 Å². The zero-order valence-electron chi connectivity index (χ0n) is 9.81. The molecule has 0 aromatic heterocycles. The number of ether oxygens (including phenoxy) is 3. The normalized spacial score (nSPS) is 8.31. The summed E-state index contributed by atoms with van der Waals surface area (Å²) in [4.78, 5) is 9.84. The topological polar surface area (TPSA) is 44.8 Å². The lowest BCUT2D eigenvalue weighted by molar-refractivity contribution is -0.134. The fraction of sp³-hybridized carbons (Fsp3) is 0.417. The number of carbonyl (C=O) groups excluding carboxylic acids is 1. The predicted molar refractivity (Wildman–Crippen MR) is 64.2 cm³/mol. The molecule has 0 aromatic rings. The molecule has 0 rings (SSSR count). The van der Waals surface area contributed by atoms with Crippen molar-refractivity contribution in [3.8, 4) is 0 Å². The molecule has 4 nitrogen and oxygen atoms in total. The molecule has 0 N–H and O–H groups in total. The third kappa shape index (κ3) is 18.4. The standard InChI is InChI=1S/C8H14O2.C4H6O2/c1-3-5-9-7-8-10-6-4-2;1-3-4(5)6-2/h3-4H,1-2,5-8H2;3H,1H2,2H3. The van der Waals surface area contributed by atoms with Crippen molar-refractivity contribution in [2.45, 2.75) is 0 Å². The highest BCUT2D eigenvalue weighted by atomic mass is 16.5. The van der Waals surface area contributed by atoms with E-state index in [9.17, 15) is 4.79 Å². The summed E-state index contributed by atoms with van der Waals surface area (Å²) in [6.07, 6.45) is 4.54. The lowest BCUT2D eigenvalue weighted by Crippen LogP contribution is -2.03. The molecule has 16 heavy (non-hydrogen) atoms. The summed E-state index contributed by atoms with van der Waals surface area (Å²) < 4.78 is 14.2. The van der Waals surface area contributed by atoms with E-state index in [1.807, 2.05) is 0 Å². The van der Waals surface area contributed by atoms with Crippen LogP contribution >= 0.6 is 0 Å². The summed E-state index contributed by atoms with van der Waals surface area (Å²) in [6.45, 7) is 12.6. The second kappa shape index (κ2) is 16.1. The minimum Gasteiger partial charge on any atom is -0.466 e. The minimum absolute atomic E-state index is 0.394. The summed E-state index contributed by atoms with van der Waals surface area (Å²) >= 11 is 0. The van der Waals surface area contributed by atoms with Crippen LogP contribution < -0.4 is 0 Å². The Hall–Kier alpha value is -1.39. The Bertz CT molecular complexity index is 187. The lowest BCUT2D eigenvalue weighted by Gasteiger charge is -2.00. The number of carbonyl (C=O) groups is 1. The van der Waals surface area contributed by atoms with Crippen LogP contribution in [0.1, 0.15) is 0 Å². The van der Waals surface area contributed by atoms with E-state index in [4.69, 9.17) is 9.47 Å².